The molecular formula is C12H9FN2O. The fourth-order valence-corrected chi connectivity index (χ4v) is 1.17. The van der Waals surface area contributed by atoms with Gasteiger partial charge in [-0.15, -0.1) is 0 Å². The van der Waals surface area contributed by atoms with Gasteiger partial charge in [0.2, 0.25) is 0 Å². The summed E-state index contributed by atoms with van der Waals surface area (Å²) >= 11 is 0. The standard InChI is InChI=1S/C12H9FN2O/c13-11-7-6-10(8-12(11)16)15-14-9-4-2-1-3-5-9/h1-8,16H. The molecule has 0 saturated heterocycles. The first-order valence-electron chi connectivity index (χ1n) is 4.71. The van der Waals surface area contributed by atoms with E-state index in [1.54, 1.807) is 12.1 Å². The molecule has 0 radical (unpaired) electrons. The van der Waals surface area contributed by atoms with Crippen LogP contribution in [0.15, 0.2) is 58.8 Å². The molecule has 0 amide bonds. The van der Waals surface area contributed by atoms with E-state index < -0.39 is 11.6 Å². The first-order chi connectivity index (χ1) is 7.75. The van der Waals surface area contributed by atoms with Crippen molar-refractivity contribution < 1.29 is 9.50 Å². The van der Waals surface area contributed by atoms with E-state index in [1.807, 2.05) is 18.2 Å². The topological polar surface area (TPSA) is 45.0 Å². The number of benzene rings is 2. The highest BCUT2D eigenvalue weighted by Gasteiger charge is 1.99. The Kier molecular flexibility index (Phi) is 2.91. The number of hydrogen-bond acceptors (Lipinski definition) is 3. The van der Waals surface area contributed by atoms with Crippen LogP contribution in [0.2, 0.25) is 0 Å². The molecule has 16 heavy (non-hydrogen) atoms. The Labute approximate surface area is 91.9 Å². The number of nitrogens with zero attached hydrogens (tertiary/aromatic N) is 2. The Morgan fingerprint density at radius 3 is 2.25 bits per heavy atom. The van der Waals surface area contributed by atoms with Gasteiger partial charge in [0.25, 0.3) is 0 Å². The fourth-order valence-electron chi connectivity index (χ4n) is 1.17. The van der Waals surface area contributed by atoms with Gasteiger partial charge in [-0.1, -0.05) is 18.2 Å². The quantitative estimate of drug-likeness (QED) is 0.759. The molecule has 0 atom stereocenters. The van der Waals surface area contributed by atoms with Crippen molar-refractivity contribution in [3.05, 3.63) is 54.3 Å². The Bertz CT molecular complexity index is 512. The van der Waals surface area contributed by atoms with Crippen LogP contribution in [0.3, 0.4) is 0 Å². The fraction of sp³-hybridized carbons (Fsp3) is 0. The Morgan fingerprint density at radius 1 is 0.875 bits per heavy atom. The van der Waals surface area contributed by atoms with Crippen molar-refractivity contribution in [3.63, 3.8) is 0 Å². The average Bonchev–Trinajstić information content (AvgIpc) is 2.32. The Hall–Kier alpha value is -2.23. The van der Waals surface area contributed by atoms with Crippen LogP contribution in [0.4, 0.5) is 15.8 Å². The predicted octanol–water partition coefficient (Wildman–Crippen LogP) is 3.95. The molecule has 1 N–H and O–H groups in total. The SMILES string of the molecule is Oc1cc(N=Nc2ccccc2)ccc1F. The van der Waals surface area contributed by atoms with Crippen LogP contribution in [0.1, 0.15) is 0 Å². The molecule has 3 nitrogen and oxygen atoms in total. The van der Waals surface area contributed by atoms with Gasteiger partial charge in [0, 0.05) is 6.07 Å². The second kappa shape index (κ2) is 4.53. The maximum Gasteiger partial charge on any atom is 0.164 e. The number of phenolic OH excluding ortho intramolecular Hbond substituents is 1. The van der Waals surface area contributed by atoms with Gasteiger partial charge in [-0.2, -0.15) is 10.2 Å². The molecule has 0 unspecified atom stereocenters. The van der Waals surface area contributed by atoms with Gasteiger partial charge < -0.3 is 5.11 Å². The van der Waals surface area contributed by atoms with Gasteiger partial charge in [-0.25, -0.2) is 4.39 Å². The van der Waals surface area contributed by atoms with Gasteiger partial charge >= 0.3 is 0 Å². The number of halogens is 1. The van der Waals surface area contributed by atoms with Gasteiger partial charge in [0.1, 0.15) is 0 Å². The van der Waals surface area contributed by atoms with E-state index in [1.165, 1.54) is 12.1 Å². The van der Waals surface area contributed by atoms with Crippen LogP contribution in [0.25, 0.3) is 0 Å². The number of azo groups is 1. The van der Waals surface area contributed by atoms with Gasteiger partial charge in [0.15, 0.2) is 11.6 Å². The van der Waals surface area contributed by atoms with Crippen LogP contribution in [0, 0.1) is 5.82 Å². The van der Waals surface area contributed by atoms with Gasteiger partial charge in [0.05, 0.1) is 11.4 Å². The summed E-state index contributed by atoms with van der Waals surface area (Å²) in [5.74, 6) is -1.09. The van der Waals surface area contributed by atoms with Gasteiger partial charge in [-0.05, 0) is 24.3 Å². The van der Waals surface area contributed by atoms with E-state index in [0.29, 0.717) is 11.4 Å². The number of phenols is 1. The molecule has 2 aromatic carbocycles. The van der Waals surface area contributed by atoms with Crippen molar-refractivity contribution in [2.24, 2.45) is 10.2 Å². The third-order valence-electron chi connectivity index (χ3n) is 1.97. The molecule has 0 aliphatic rings. The summed E-state index contributed by atoms with van der Waals surface area (Å²) in [6, 6.07) is 13.0. The zero-order valence-corrected chi connectivity index (χ0v) is 8.34. The number of rotatable bonds is 2. The van der Waals surface area contributed by atoms with E-state index in [2.05, 4.69) is 10.2 Å². The van der Waals surface area contributed by atoms with Crippen LogP contribution < -0.4 is 0 Å². The zero-order chi connectivity index (χ0) is 11.4. The second-order valence-electron chi connectivity index (χ2n) is 3.17. The molecule has 0 spiro atoms. The van der Waals surface area contributed by atoms with E-state index in [0.717, 1.165) is 6.07 Å². The maximum absolute atomic E-state index is 12.7. The minimum atomic E-state index is -0.668. The number of hydrogen-bond donors (Lipinski definition) is 1. The first kappa shape index (κ1) is 10.3. The van der Waals surface area contributed by atoms with E-state index >= 15 is 0 Å². The minimum Gasteiger partial charge on any atom is -0.505 e. The highest BCUT2D eigenvalue weighted by molar-refractivity contribution is 5.44. The summed E-state index contributed by atoms with van der Waals surface area (Å²) in [4.78, 5) is 0. The largest absolute Gasteiger partial charge is 0.505 e. The molecule has 0 fully saturated rings. The third kappa shape index (κ3) is 2.42. The zero-order valence-electron chi connectivity index (χ0n) is 8.34. The number of aromatic hydroxyl groups is 1. The summed E-state index contributed by atoms with van der Waals surface area (Å²) < 4.78 is 12.7. The van der Waals surface area contributed by atoms with Crippen LogP contribution in [0.5, 0.6) is 5.75 Å². The van der Waals surface area contributed by atoms with Crippen LogP contribution in [-0.4, -0.2) is 5.11 Å². The average molecular weight is 216 g/mol. The van der Waals surface area contributed by atoms with Crippen molar-refractivity contribution in [1.82, 2.24) is 0 Å². The maximum atomic E-state index is 12.7. The molecule has 2 rings (SSSR count). The molecule has 4 heteroatoms. The monoisotopic (exact) mass is 216 g/mol. The van der Waals surface area contributed by atoms with E-state index in [4.69, 9.17) is 5.11 Å². The molecule has 0 bridgehead atoms. The smallest absolute Gasteiger partial charge is 0.164 e. The predicted molar refractivity (Wildman–Crippen MR) is 58.7 cm³/mol. The van der Waals surface area contributed by atoms with Crippen LogP contribution >= 0.6 is 0 Å². The molecular weight excluding hydrogens is 207 g/mol. The summed E-state index contributed by atoms with van der Waals surface area (Å²) in [5, 5.41) is 16.9. The lowest BCUT2D eigenvalue weighted by molar-refractivity contribution is 0.432. The molecule has 0 aliphatic heterocycles. The van der Waals surface area contributed by atoms with Crippen molar-refractivity contribution in [2.75, 3.05) is 0 Å². The lowest BCUT2D eigenvalue weighted by atomic mass is 10.3. The van der Waals surface area contributed by atoms with Crippen molar-refractivity contribution >= 4 is 11.4 Å². The molecule has 0 aliphatic carbocycles. The first-order valence-corrected chi connectivity index (χ1v) is 4.71. The summed E-state index contributed by atoms with van der Waals surface area (Å²) in [5.41, 5.74) is 1.11. The van der Waals surface area contributed by atoms with Crippen molar-refractivity contribution in [1.29, 1.82) is 0 Å². The summed E-state index contributed by atoms with van der Waals surface area (Å²) in [7, 11) is 0. The van der Waals surface area contributed by atoms with E-state index in [-0.39, 0.29) is 0 Å². The normalized spacial score (nSPS) is 10.8. The Morgan fingerprint density at radius 2 is 1.56 bits per heavy atom. The highest BCUT2D eigenvalue weighted by Crippen LogP contribution is 2.24. The molecule has 2 aromatic rings. The lowest BCUT2D eigenvalue weighted by Crippen LogP contribution is -1.73. The lowest BCUT2D eigenvalue weighted by Gasteiger charge is -1.96. The van der Waals surface area contributed by atoms with Gasteiger partial charge in [-0.3, -0.25) is 0 Å². The molecule has 0 aromatic heterocycles. The third-order valence-corrected chi connectivity index (χ3v) is 1.97. The molecule has 0 saturated carbocycles. The second-order valence-corrected chi connectivity index (χ2v) is 3.17. The highest BCUT2D eigenvalue weighted by atomic mass is 19.1. The molecule has 80 valence electrons. The summed E-state index contributed by atoms with van der Waals surface area (Å²) in [6.45, 7) is 0. The minimum absolute atomic E-state index is 0.405. The van der Waals surface area contributed by atoms with Crippen LogP contribution in [-0.2, 0) is 0 Å². The summed E-state index contributed by atoms with van der Waals surface area (Å²) in [6.07, 6.45) is 0. The van der Waals surface area contributed by atoms with Crippen molar-refractivity contribution in [3.8, 4) is 5.75 Å². The Balaban J connectivity index is 2.21. The van der Waals surface area contributed by atoms with Crippen molar-refractivity contribution in [2.45, 2.75) is 0 Å². The van der Waals surface area contributed by atoms with E-state index in [9.17, 15) is 4.39 Å². The molecule has 0 heterocycles.